The van der Waals surface area contributed by atoms with Crippen LogP contribution in [0.15, 0.2) is 55.1 Å². The van der Waals surface area contributed by atoms with E-state index in [4.69, 9.17) is 9.47 Å². The van der Waals surface area contributed by atoms with Crippen molar-refractivity contribution in [3.63, 3.8) is 0 Å². The van der Waals surface area contributed by atoms with Crippen LogP contribution >= 0.6 is 0 Å². The molecule has 2 rings (SSSR count). The van der Waals surface area contributed by atoms with E-state index in [0.717, 1.165) is 5.56 Å². The van der Waals surface area contributed by atoms with Crippen molar-refractivity contribution in [2.75, 3.05) is 19.0 Å². The maximum Gasteiger partial charge on any atom is 0.319 e. The Morgan fingerprint density at radius 1 is 1.29 bits per heavy atom. The first kappa shape index (κ1) is 17.2. The average Bonchev–Trinajstić information content (AvgIpc) is 2.59. The van der Waals surface area contributed by atoms with Gasteiger partial charge in [0.05, 0.1) is 7.11 Å². The minimum Gasteiger partial charge on any atom is -0.504 e. The molecule has 24 heavy (non-hydrogen) atoms. The number of phenols is 1. The van der Waals surface area contributed by atoms with Gasteiger partial charge in [0.25, 0.3) is 0 Å². The van der Waals surface area contributed by atoms with Gasteiger partial charge in [-0.25, -0.2) is 4.79 Å². The molecule has 0 radical (unpaired) electrons. The summed E-state index contributed by atoms with van der Waals surface area (Å²) in [6.45, 7) is 4.29. The molecule has 2 aromatic carbocycles. The molecule has 3 N–H and O–H groups in total. The number of carbonyl (C=O) groups excluding carboxylic acids is 1. The summed E-state index contributed by atoms with van der Waals surface area (Å²) in [6.07, 6.45) is 1.65. The van der Waals surface area contributed by atoms with Gasteiger partial charge in [-0.2, -0.15) is 0 Å². The number of nitrogens with one attached hydrogen (secondary N) is 2. The maximum atomic E-state index is 12.0. The lowest BCUT2D eigenvalue weighted by atomic mass is 10.2. The molecule has 0 saturated carbocycles. The monoisotopic (exact) mass is 328 g/mol. The summed E-state index contributed by atoms with van der Waals surface area (Å²) >= 11 is 0. The summed E-state index contributed by atoms with van der Waals surface area (Å²) in [4.78, 5) is 12.0. The van der Waals surface area contributed by atoms with Gasteiger partial charge in [0.1, 0.15) is 12.4 Å². The van der Waals surface area contributed by atoms with E-state index >= 15 is 0 Å². The number of hydrogen-bond acceptors (Lipinski definition) is 4. The Labute approximate surface area is 140 Å². The zero-order valence-corrected chi connectivity index (χ0v) is 13.4. The number of carbonyl (C=O) groups is 1. The van der Waals surface area contributed by atoms with Crippen LogP contribution in [0.4, 0.5) is 10.5 Å². The zero-order chi connectivity index (χ0) is 17.4. The molecule has 6 nitrogen and oxygen atoms in total. The third-order valence-corrected chi connectivity index (χ3v) is 3.16. The SMILES string of the molecule is C=CCOc1cccc(NC(=O)NCc2ccc(O)c(OC)c2)c1. The Hall–Kier alpha value is -3.15. The highest BCUT2D eigenvalue weighted by Gasteiger charge is 2.06. The van der Waals surface area contributed by atoms with E-state index in [1.807, 2.05) is 0 Å². The number of amides is 2. The van der Waals surface area contributed by atoms with Gasteiger partial charge in [0.15, 0.2) is 11.5 Å². The first-order chi connectivity index (χ1) is 11.6. The molecule has 0 unspecified atom stereocenters. The van der Waals surface area contributed by atoms with Crippen molar-refractivity contribution < 1.29 is 19.4 Å². The number of urea groups is 1. The molecule has 0 saturated heterocycles. The highest BCUT2D eigenvalue weighted by molar-refractivity contribution is 5.89. The fourth-order valence-electron chi connectivity index (χ4n) is 2.01. The van der Waals surface area contributed by atoms with Gasteiger partial charge in [-0.15, -0.1) is 0 Å². The predicted molar refractivity (Wildman–Crippen MR) is 92.7 cm³/mol. The van der Waals surface area contributed by atoms with Crippen LogP contribution in [-0.2, 0) is 6.54 Å². The predicted octanol–water partition coefficient (Wildman–Crippen LogP) is 3.29. The summed E-state index contributed by atoms with van der Waals surface area (Å²) in [5, 5.41) is 15.0. The van der Waals surface area contributed by atoms with E-state index in [1.165, 1.54) is 13.2 Å². The van der Waals surface area contributed by atoms with Gasteiger partial charge in [0.2, 0.25) is 0 Å². The van der Waals surface area contributed by atoms with Crippen molar-refractivity contribution in [2.45, 2.75) is 6.54 Å². The van der Waals surface area contributed by atoms with Crippen LogP contribution in [0.5, 0.6) is 17.2 Å². The van der Waals surface area contributed by atoms with Crippen molar-refractivity contribution >= 4 is 11.7 Å². The zero-order valence-electron chi connectivity index (χ0n) is 13.4. The Bertz CT molecular complexity index is 716. The molecule has 0 fully saturated rings. The molecule has 0 heterocycles. The van der Waals surface area contributed by atoms with Crippen LogP contribution in [0.2, 0.25) is 0 Å². The number of anilines is 1. The minimum atomic E-state index is -0.345. The fraction of sp³-hybridized carbons (Fsp3) is 0.167. The van der Waals surface area contributed by atoms with Crippen LogP contribution in [0, 0.1) is 0 Å². The summed E-state index contributed by atoms with van der Waals surface area (Å²) < 4.78 is 10.5. The third-order valence-electron chi connectivity index (χ3n) is 3.16. The standard InChI is InChI=1S/C18H20N2O4/c1-3-9-24-15-6-4-5-14(11-15)20-18(22)19-12-13-7-8-16(21)17(10-13)23-2/h3-8,10-11,21H,1,9,12H2,2H3,(H2,19,20,22). The van der Waals surface area contributed by atoms with Crippen molar-refractivity contribution in [2.24, 2.45) is 0 Å². The summed E-state index contributed by atoms with van der Waals surface area (Å²) in [6, 6.07) is 11.6. The Balaban J connectivity index is 1.90. The van der Waals surface area contributed by atoms with Crippen molar-refractivity contribution in [1.82, 2.24) is 5.32 Å². The molecule has 0 atom stereocenters. The highest BCUT2D eigenvalue weighted by atomic mass is 16.5. The average molecular weight is 328 g/mol. The molecule has 2 aromatic rings. The minimum absolute atomic E-state index is 0.0574. The number of benzene rings is 2. The van der Waals surface area contributed by atoms with Crippen LogP contribution < -0.4 is 20.1 Å². The fourth-order valence-corrected chi connectivity index (χ4v) is 2.01. The molecule has 0 bridgehead atoms. The van der Waals surface area contributed by atoms with Crippen LogP contribution in [0.3, 0.4) is 0 Å². The molecule has 0 aliphatic heterocycles. The number of hydrogen-bond donors (Lipinski definition) is 3. The van der Waals surface area contributed by atoms with E-state index < -0.39 is 0 Å². The summed E-state index contributed by atoms with van der Waals surface area (Å²) in [5.74, 6) is 1.07. The molecular formula is C18H20N2O4. The van der Waals surface area contributed by atoms with Gasteiger partial charge >= 0.3 is 6.03 Å². The third kappa shape index (κ3) is 4.95. The van der Waals surface area contributed by atoms with Gasteiger partial charge in [-0.1, -0.05) is 24.8 Å². The molecule has 0 spiro atoms. The highest BCUT2D eigenvalue weighted by Crippen LogP contribution is 2.26. The number of aromatic hydroxyl groups is 1. The second kappa shape index (κ2) is 8.47. The lowest BCUT2D eigenvalue weighted by Gasteiger charge is -2.10. The largest absolute Gasteiger partial charge is 0.504 e. The Morgan fingerprint density at radius 3 is 2.88 bits per heavy atom. The van der Waals surface area contributed by atoms with Gasteiger partial charge in [-0.3, -0.25) is 0 Å². The van der Waals surface area contributed by atoms with Crippen molar-refractivity contribution in [1.29, 1.82) is 0 Å². The van der Waals surface area contributed by atoms with Gasteiger partial charge in [-0.05, 0) is 29.8 Å². The van der Waals surface area contributed by atoms with E-state index in [0.29, 0.717) is 30.3 Å². The molecule has 6 heteroatoms. The number of ether oxygens (including phenoxy) is 2. The molecule has 0 aromatic heterocycles. The number of rotatable bonds is 7. The van der Waals surface area contributed by atoms with Crippen molar-refractivity contribution in [3.8, 4) is 17.2 Å². The van der Waals surface area contributed by atoms with Crippen LogP contribution in [0.25, 0.3) is 0 Å². The van der Waals surface area contributed by atoms with Gasteiger partial charge in [0, 0.05) is 18.3 Å². The Kier molecular flexibility index (Phi) is 6.08. The molecule has 0 aliphatic rings. The quantitative estimate of drug-likeness (QED) is 0.681. The number of phenolic OH excluding ortho intramolecular Hbond substituents is 1. The summed E-state index contributed by atoms with van der Waals surface area (Å²) in [7, 11) is 1.47. The molecular weight excluding hydrogens is 308 g/mol. The van der Waals surface area contributed by atoms with Gasteiger partial charge < -0.3 is 25.2 Å². The van der Waals surface area contributed by atoms with E-state index in [2.05, 4.69) is 17.2 Å². The van der Waals surface area contributed by atoms with Crippen LogP contribution in [0.1, 0.15) is 5.56 Å². The Morgan fingerprint density at radius 2 is 2.12 bits per heavy atom. The topological polar surface area (TPSA) is 79.8 Å². The normalized spacial score (nSPS) is 9.88. The molecule has 0 aliphatic carbocycles. The number of methoxy groups -OCH3 is 1. The van der Waals surface area contributed by atoms with E-state index in [1.54, 1.807) is 42.5 Å². The maximum absolute atomic E-state index is 12.0. The first-order valence-electron chi connectivity index (χ1n) is 7.37. The second-order valence-electron chi connectivity index (χ2n) is 4.94. The second-order valence-corrected chi connectivity index (χ2v) is 4.94. The first-order valence-corrected chi connectivity index (χ1v) is 7.37. The molecule has 126 valence electrons. The molecule has 2 amide bonds. The summed E-state index contributed by atoms with van der Waals surface area (Å²) in [5.41, 5.74) is 1.43. The van der Waals surface area contributed by atoms with E-state index in [-0.39, 0.29) is 11.8 Å². The van der Waals surface area contributed by atoms with E-state index in [9.17, 15) is 9.90 Å². The smallest absolute Gasteiger partial charge is 0.319 e. The van der Waals surface area contributed by atoms with Crippen LogP contribution in [-0.4, -0.2) is 24.9 Å². The lowest BCUT2D eigenvalue weighted by molar-refractivity contribution is 0.251. The lowest BCUT2D eigenvalue weighted by Crippen LogP contribution is -2.28. The van der Waals surface area contributed by atoms with Crippen molar-refractivity contribution in [3.05, 3.63) is 60.7 Å².